The maximum atomic E-state index is 12.5. The van der Waals surface area contributed by atoms with Gasteiger partial charge in [0.25, 0.3) is 0 Å². The van der Waals surface area contributed by atoms with Crippen molar-refractivity contribution < 1.29 is 4.79 Å². The van der Waals surface area contributed by atoms with Gasteiger partial charge in [-0.1, -0.05) is 0 Å². The summed E-state index contributed by atoms with van der Waals surface area (Å²) >= 11 is 0. The largest absolute Gasteiger partial charge is 0.343 e. The molecule has 9 nitrogen and oxygen atoms in total. The van der Waals surface area contributed by atoms with Gasteiger partial charge in [-0.25, -0.2) is 4.98 Å². The van der Waals surface area contributed by atoms with Gasteiger partial charge in [0.05, 0.1) is 30.0 Å². The van der Waals surface area contributed by atoms with Gasteiger partial charge in [-0.2, -0.15) is 10.1 Å². The van der Waals surface area contributed by atoms with Crippen LogP contribution in [0, 0.1) is 0 Å². The quantitative estimate of drug-likeness (QED) is 0.747. The van der Waals surface area contributed by atoms with Gasteiger partial charge in [0, 0.05) is 32.4 Å². The molecule has 0 radical (unpaired) electrons. The van der Waals surface area contributed by atoms with Crippen LogP contribution in [0.1, 0.15) is 12.8 Å². The number of carbonyl (C=O) groups excluding carboxylic acids is 1. The number of aryl methyl sites for hydroxylation is 1. The van der Waals surface area contributed by atoms with E-state index in [1.54, 1.807) is 35.2 Å². The molecule has 0 aromatic carbocycles. The van der Waals surface area contributed by atoms with E-state index in [4.69, 9.17) is 0 Å². The van der Waals surface area contributed by atoms with Crippen LogP contribution in [0.5, 0.6) is 0 Å². The summed E-state index contributed by atoms with van der Waals surface area (Å²) in [6.07, 6.45) is 9.03. The zero-order valence-electron chi connectivity index (χ0n) is 15.7. The lowest BCUT2D eigenvalue weighted by Gasteiger charge is -2.36. The van der Waals surface area contributed by atoms with E-state index < -0.39 is 0 Å². The third-order valence-corrected chi connectivity index (χ3v) is 5.27. The lowest BCUT2D eigenvalue weighted by atomic mass is 10.1. The van der Waals surface area contributed by atoms with Crippen molar-refractivity contribution in [2.75, 3.05) is 28.7 Å². The van der Waals surface area contributed by atoms with E-state index in [0.717, 1.165) is 47.8 Å². The van der Waals surface area contributed by atoms with E-state index in [2.05, 4.69) is 30.3 Å². The van der Waals surface area contributed by atoms with Crippen LogP contribution in [0.15, 0.2) is 36.9 Å². The Bertz CT molecular complexity index is 1040. The van der Waals surface area contributed by atoms with Crippen molar-refractivity contribution in [3.8, 4) is 11.3 Å². The van der Waals surface area contributed by atoms with Crippen molar-refractivity contribution >= 4 is 29.0 Å². The number of amides is 1. The van der Waals surface area contributed by atoms with Gasteiger partial charge in [-0.05, 0) is 25.0 Å². The predicted molar refractivity (Wildman–Crippen MR) is 106 cm³/mol. The first-order valence-corrected chi connectivity index (χ1v) is 9.23. The minimum atomic E-state index is -0.110. The summed E-state index contributed by atoms with van der Waals surface area (Å²) in [5.74, 6) is 1.41. The minimum absolute atomic E-state index is 0.110. The van der Waals surface area contributed by atoms with Gasteiger partial charge in [0.1, 0.15) is 11.7 Å². The lowest BCUT2D eigenvalue weighted by Crippen LogP contribution is -2.49. The molecular formula is C19H20N8O. The molecule has 1 atom stereocenters. The van der Waals surface area contributed by atoms with Crippen LogP contribution in [0.3, 0.4) is 0 Å². The highest BCUT2D eigenvalue weighted by Crippen LogP contribution is 2.38. The van der Waals surface area contributed by atoms with Gasteiger partial charge in [-0.3, -0.25) is 14.5 Å². The van der Waals surface area contributed by atoms with Gasteiger partial charge in [0.2, 0.25) is 11.9 Å². The monoisotopic (exact) mass is 376 g/mol. The number of pyridine rings is 1. The normalized spacial score (nSPS) is 18.2. The molecular weight excluding hydrogens is 356 g/mol. The molecule has 5 heterocycles. The second kappa shape index (κ2) is 6.29. The standard InChI is InChI=1S/C19H20N8O/c1-25-11-12(8-22-25)14-6-5-13(9-20-14)23-19-21-10-16-17(24-19)27-7-3-4-15(27)18(28)26(16)2/h5-6,8-11,15H,3-4,7H2,1-2H3,(H,21,23,24). The van der Waals surface area contributed by atoms with Crippen LogP contribution in [0.4, 0.5) is 23.1 Å². The van der Waals surface area contributed by atoms with Crippen LogP contribution in [0.2, 0.25) is 0 Å². The van der Waals surface area contributed by atoms with Crippen molar-refractivity contribution in [2.24, 2.45) is 7.05 Å². The Hall–Kier alpha value is -3.49. The minimum Gasteiger partial charge on any atom is -0.343 e. The number of rotatable bonds is 3. The Morgan fingerprint density at radius 3 is 2.79 bits per heavy atom. The van der Waals surface area contributed by atoms with Gasteiger partial charge in [-0.15, -0.1) is 0 Å². The molecule has 1 amide bonds. The maximum Gasteiger partial charge on any atom is 0.249 e. The van der Waals surface area contributed by atoms with Crippen LogP contribution in [0.25, 0.3) is 11.3 Å². The molecule has 1 unspecified atom stereocenters. The molecule has 1 saturated heterocycles. The Balaban J connectivity index is 1.41. The fourth-order valence-corrected chi connectivity index (χ4v) is 3.82. The Labute approximate surface area is 162 Å². The number of anilines is 4. The zero-order chi connectivity index (χ0) is 19.3. The Morgan fingerprint density at radius 2 is 2.04 bits per heavy atom. The number of aromatic nitrogens is 5. The third-order valence-electron chi connectivity index (χ3n) is 5.27. The molecule has 3 aromatic rings. The van der Waals surface area contributed by atoms with Crippen molar-refractivity contribution in [3.05, 3.63) is 36.9 Å². The van der Waals surface area contributed by atoms with E-state index in [-0.39, 0.29) is 11.9 Å². The zero-order valence-corrected chi connectivity index (χ0v) is 15.7. The number of hydrogen-bond acceptors (Lipinski definition) is 7. The first kappa shape index (κ1) is 16.7. The summed E-state index contributed by atoms with van der Waals surface area (Å²) in [7, 11) is 3.66. The van der Waals surface area contributed by atoms with Crippen molar-refractivity contribution in [1.29, 1.82) is 0 Å². The SMILES string of the molecule is CN1C(=O)C2CCCN2c2nc(Nc3ccc(-c4cnn(C)c4)nc3)ncc21. The molecule has 9 heteroatoms. The molecule has 28 heavy (non-hydrogen) atoms. The number of nitrogens with one attached hydrogen (secondary N) is 1. The topological polar surface area (TPSA) is 92.1 Å². The lowest BCUT2D eigenvalue weighted by molar-refractivity contribution is -0.119. The molecule has 2 aliphatic heterocycles. The average molecular weight is 376 g/mol. The first-order chi connectivity index (χ1) is 13.6. The summed E-state index contributed by atoms with van der Waals surface area (Å²) < 4.78 is 1.75. The van der Waals surface area contributed by atoms with Gasteiger partial charge in [0.15, 0.2) is 5.82 Å². The molecule has 2 aliphatic rings. The second-order valence-corrected chi connectivity index (χ2v) is 7.11. The van der Waals surface area contributed by atoms with Gasteiger partial charge < -0.3 is 15.1 Å². The van der Waals surface area contributed by atoms with Crippen LogP contribution >= 0.6 is 0 Å². The molecule has 3 aromatic heterocycles. The molecule has 1 N–H and O–H groups in total. The highest BCUT2D eigenvalue weighted by Gasteiger charge is 2.40. The maximum absolute atomic E-state index is 12.5. The molecule has 142 valence electrons. The molecule has 0 aliphatic carbocycles. The fraction of sp³-hybridized carbons (Fsp3) is 0.316. The number of carbonyl (C=O) groups is 1. The van der Waals surface area contributed by atoms with Gasteiger partial charge >= 0.3 is 0 Å². The van der Waals surface area contributed by atoms with Crippen LogP contribution < -0.4 is 15.1 Å². The molecule has 0 bridgehead atoms. The predicted octanol–water partition coefficient (Wildman–Crippen LogP) is 1.96. The Morgan fingerprint density at radius 1 is 1.14 bits per heavy atom. The smallest absolute Gasteiger partial charge is 0.249 e. The summed E-state index contributed by atoms with van der Waals surface area (Å²) in [6.45, 7) is 0.842. The van der Waals surface area contributed by atoms with E-state index in [9.17, 15) is 4.79 Å². The third kappa shape index (κ3) is 2.67. The number of nitrogens with zero attached hydrogens (tertiary/aromatic N) is 7. The Kier molecular flexibility index (Phi) is 3.75. The number of fused-ring (bicyclic) bond motifs is 3. The highest BCUT2D eigenvalue weighted by atomic mass is 16.2. The molecule has 0 spiro atoms. The van der Waals surface area contributed by atoms with E-state index in [0.29, 0.717) is 5.95 Å². The van der Waals surface area contributed by atoms with Crippen molar-refractivity contribution in [3.63, 3.8) is 0 Å². The van der Waals surface area contributed by atoms with E-state index in [1.807, 2.05) is 25.4 Å². The number of hydrogen-bond donors (Lipinski definition) is 1. The van der Waals surface area contributed by atoms with E-state index >= 15 is 0 Å². The molecule has 1 fully saturated rings. The molecule has 5 rings (SSSR count). The van der Waals surface area contributed by atoms with Crippen molar-refractivity contribution in [2.45, 2.75) is 18.9 Å². The summed E-state index contributed by atoms with van der Waals surface area (Å²) in [6, 6.07) is 3.76. The average Bonchev–Trinajstić information content (AvgIpc) is 3.36. The summed E-state index contributed by atoms with van der Waals surface area (Å²) in [4.78, 5) is 29.8. The first-order valence-electron chi connectivity index (χ1n) is 9.23. The van der Waals surface area contributed by atoms with Crippen LogP contribution in [-0.2, 0) is 11.8 Å². The van der Waals surface area contributed by atoms with E-state index in [1.165, 1.54) is 0 Å². The molecule has 0 saturated carbocycles. The highest BCUT2D eigenvalue weighted by molar-refractivity contribution is 6.04. The van der Waals surface area contributed by atoms with Crippen molar-refractivity contribution in [1.82, 2.24) is 24.7 Å². The summed E-state index contributed by atoms with van der Waals surface area (Å²) in [5, 5.41) is 7.38. The number of likely N-dealkylation sites (N-methyl/N-ethyl adjacent to an activating group) is 1. The summed E-state index contributed by atoms with van der Waals surface area (Å²) in [5.41, 5.74) is 3.36. The fourth-order valence-electron chi connectivity index (χ4n) is 3.82. The second-order valence-electron chi connectivity index (χ2n) is 7.11. The van der Waals surface area contributed by atoms with Crippen LogP contribution in [-0.4, -0.2) is 50.3 Å².